The van der Waals surface area contributed by atoms with Crippen molar-refractivity contribution < 1.29 is 27.5 Å². The van der Waals surface area contributed by atoms with E-state index >= 15 is 0 Å². The van der Waals surface area contributed by atoms with Crippen LogP contribution in [0.1, 0.15) is 55.2 Å². The zero-order valence-electron chi connectivity index (χ0n) is 29.7. The molecule has 0 bridgehead atoms. The number of nitrogens with zero attached hydrogens (tertiary/aromatic N) is 6. The van der Waals surface area contributed by atoms with E-state index in [4.69, 9.17) is 9.88 Å². The van der Waals surface area contributed by atoms with Crippen LogP contribution in [0, 0.1) is 18.8 Å². The van der Waals surface area contributed by atoms with Gasteiger partial charge >= 0.3 is 12.1 Å². The summed E-state index contributed by atoms with van der Waals surface area (Å²) in [6.07, 6.45) is 7.05. The molecular weight excluding hydrogens is 685 g/mol. The SMILES string of the molecule is Cc1cc(C[C@@H](OC(=O)N2CCC(N3CCc4ccccc4NC3=O)CC2)C(=O)N2CCC(C3CCN(S(N)(=O)=O)CC3)CC2)cc2nccnc12. The predicted octanol–water partition coefficient (Wildman–Crippen LogP) is 3.69. The third-order valence-electron chi connectivity index (χ3n) is 11.4. The van der Waals surface area contributed by atoms with Crippen LogP contribution in [0.15, 0.2) is 48.8 Å². The van der Waals surface area contributed by atoms with Gasteiger partial charge in [-0.05, 0) is 92.5 Å². The third kappa shape index (κ3) is 8.01. The quantitative estimate of drug-likeness (QED) is 0.371. The lowest BCUT2D eigenvalue weighted by Crippen LogP contribution is -2.52. The van der Waals surface area contributed by atoms with Crippen LogP contribution in [0.25, 0.3) is 11.0 Å². The number of urea groups is 1. The molecule has 1 aromatic heterocycles. The Morgan fingerprint density at radius 1 is 0.904 bits per heavy atom. The van der Waals surface area contributed by atoms with E-state index in [2.05, 4.69) is 15.3 Å². The molecule has 15 heteroatoms. The van der Waals surface area contributed by atoms with E-state index < -0.39 is 22.4 Å². The van der Waals surface area contributed by atoms with E-state index in [0.29, 0.717) is 76.0 Å². The maximum atomic E-state index is 14.2. The second kappa shape index (κ2) is 15.3. The Labute approximate surface area is 304 Å². The van der Waals surface area contributed by atoms with Crippen molar-refractivity contribution in [3.8, 4) is 0 Å². The number of para-hydroxylation sites is 1. The molecule has 3 saturated heterocycles. The smallest absolute Gasteiger partial charge is 0.410 e. The van der Waals surface area contributed by atoms with Crippen LogP contribution in [0.4, 0.5) is 15.3 Å². The third-order valence-corrected chi connectivity index (χ3v) is 12.5. The van der Waals surface area contributed by atoms with Gasteiger partial charge in [0, 0.05) is 76.4 Å². The number of hydrogen-bond acceptors (Lipinski definition) is 8. The minimum Gasteiger partial charge on any atom is -0.436 e. The van der Waals surface area contributed by atoms with Crippen LogP contribution in [-0.4, -0.2) is 113 Å². The molecule has 3 N–H and O–H groups in total. The molecule has 0 spiro atoms. The van der Waals surface area contributed by atoms with Gasteiger partial charge in [0.05, 0.1) is 11.0 Å². The fourth-order valence-corrected chi connectivity index (χ4v) is 9.24. The first-order chi connectivity index (χ1) is 25.0. The number of anilines is 1. The molecule has 3 fully saturated rings. The average Bonchev–Trinajstić information content (AvgIpc) is 3.32. The molecule has 3 aromatic rings. The molecule has 7 rings (SSSR count). The Morgan fingerprint density at radius 3 is 2.27 bits per heavy atom. The van der Waals surface area contributed by atoms with E-state index in [-0.39, 0.29) is 24.4 Å². The minimum absolute atomic E-state index is 0.00860. The maximum absolute atomic E-state index is 14.2. The summed E-state index contributed by atoms with van der Waals surface area (Å²) in [6.45, 7) is 5.33. The summed E-state index contributed by atoms with van der Waals surface area (Å²) in [4.78, 5) is 55.3. The lowest BCUT2D eigenvalue weighted by molar-refractivity contribution is -0.142. The van der Waals surface area contributed by atoms with E-state index in [0.717, 1.165) is 60.0 Å². The number of hydrogen-bond donors (Lipinski definition) is 2. The van der Waals surface area contributed by atoms with Gasteiger partial charge in [-0.1, -0.05) is 24.3 Å². The number of piperidine rings is 3. The number of ether oxygens (including phenoxy) is 1. The number of carbonyl (C=O) groups is 3. The van der Waals surface area contributed by atoms with Crippen LogP contribution >= 0.6 is 0 Å². The first kappa shape index (κ1) is 36.0. The highest BCUT2D eigenvalue weighted by molar-refractivity contribution is 7.86. The van der Waals surface area contributed by atoms with Crippen LogP contribution in [-0.2, 0) is 32.6 Å². The molecule has 278 valence electrons. The van der Waals surface area contributed by atoms with E-state index in [9.17, 15) is 22.8 Å². The van der Waals surface area contributed by atoms with Crippen molar-refractivity contribution >= 4 is 45.0 Å². The van der Waals surface area contributed by atoms with Crippen molar-refractivity contribution in [3.05, 3.63) is 65.5 Å². The van der Waals surface area contributed by atoms with Crippen molar-refractivity contribution in [2.75, 3.05) is 51.1 Å². The van der Waals surface area contributed by atoms with Crippen LogP contribution in [0.2, 0.25) is 0 Å². The van der Waals surface area contributed by atoms with Crippen LogP contribution < -0.4 is 10.5 Å². The topological polar surface area (TPSA) is 171 Å². The van der Waals surface area contributed by atoms with Crippen LogP contribution in [0.3, 0.4) is 0 Å². The standard InChI is InChI=1S/C37H48N8O6S/c1-25-22-26(23-32-34(25)40-14-13-39-32)24-33(35(46)42-15-6-27(7-16-42)28-8-19-44(20-9-28)52(38,49)50)51-37(48)43-17-11-30(12-18-43)45-21-10-29-4-2-3-5-31(29)41-36(45)47/h2-5,13-14,22-23,27-28,30,33H,6-12,15-21,24H2,1H3,(H,41,47)(H2,38,49,50)/t33-/m1/s1. The largest absolute Gasteiger partial charge is 0.436 e. The van der Waals surface area contributed by atoms with Crippen LogP contribution in [0.5, 0.6) is 0 Å². The first-order valence-electron chi connectivity index (χ1n) is 18.4. The molecule has 4 aliphatic rings. The fraction of sp³-hybridized carbons (Fsp3) is 0.541. The lowest BCUT2D eigenvalue weighted by Gasteiger charge is -2.40. The van der Waals surface area contributed by atoms with Crippen molar-refractivity contribution in [2.45, 2.75) is 70.4 Å². The average molecular weight is 733 g/mol. The highest BCUT2D eigenvalue weighted by Crippen LogP contribution is 2.34. The second-order valence-electron chi connectivity index (χ2n) is 14.6. The van der Waals surface area contributed by atoms with E-state index in [1.165, 1.54) is 4.31 Å². The molecule has 4 aliphatic heterocycles. The van der Waals surface area contributed by atoms with Gasteiger partial charge in [0.1, 0.15) is 0 Å². The molecule has 14 nitrogen and oxygen atoms in total. The highest BCUT2D eigenvalue weighted by atomic mass is 32.2. The fourth-order valence-electron chi connectivity index (χ4n) is 8.52. The predicted molar refractivity (Wildman–Crippen MR) is 195 cm³/mol. The minimum atomic E-state index is -3.68. The molecule has 0 radical (unpaired) electrons. The highest BCUT2D eigenvalue weighted by Gasteiger charge is 2.37. The van der Waals surface area contributed by atoms with Gasteiger partial charge < -0.3 is 24.8 Å². The monoisotopic (exact) mass is 732 g/mol. The Morgan fingerprint density at radius 2 is 1.56 bits per heavy atom. The number of fused-ring (bicyclic) bond motifs is 2. The number of likely N-dealkylation sites (tertiary alicyclic amines) is 2. The molecule has 0 saturated carbocycles. The number of carbonyl (C=O) groups excluding carboxylic acids is 3. The summed E-state index contributed by atoms with van der Waals surface area (Å²) in [7, 11) is -3.68. The summed E-state index contributed by atoms with van der Waals surface area (Å²) in [5.41, 5.74) is 5.21. The normalized spacial score (nSPS) is 20.7. The number of rotatable bonds is 7. The summed E-state index contributed by atoms with van der Waals surface area (Å²) >= 11 is 0. The Hall–Kier alpha value is -4.34. The Kier molecular flexibility index (Phi) is 10.6. The van der Waals surface area contributed by atoms with Gasteiger partial charge in [-0.25, -0.2) is 14.7 Å². The number of amides is 4. The lowest BCUT2D eigenvalue weighted by atomic mass is 9.79. The van der Waals surface area contributed by atoms with E-state index in [1.807, 2.05) is 53.1 Å². The maximum Gasteiger partial charge on any atom is 0.410 e. The zero-order chi connectivity index (χ0) is 36.4. The number of nitrogens with two attached hydrogens (primary N) is 1. The number of aryl methyl sites for hydroxylation is 1. The molecule has 52 heavy (non-hydrogen) atoms. The second-order valence-corrected chi connectivity index (χ2v) is 16.2. The summed E-state index contributed by atoms with van der Waals surface area (Å²) in [5, 5.41) is 8.38. The molecule has 0 aliphatic carbocycles. The summed E-state index contributed by atoms with van der Waals surface area (Å²) < 4.78 is 31.0. The molecule has 0 unspecified atom stereocenters. The number of aromatic nitrogens is 2. The summed E-state index contributed by atoms with van der Waals surface area (Å²) in [6, 6.07) is 11.6. The van der Waals surface area contributed by atoms with E-state index in [1.54, 1.807) is 17.3 Å². The van der Waals surface area contributed by atoms with Gasteiger partial charge in [-0.2, -0.15) is 12.7 Å². The van der Waals surface area contributed by atoms with Gasteiger partial charge in [-0.15, -0.1) is 0 Å². The zero-order valence-corrected chi connectivity index (χ0v) is 30.5. The van der Waals surface area contributed by atoms with Crippen molar-refractivity contribution in [3.63, 3.8) is 0 Å². The number of benzene rings is 2. The van der Waals surface area contributed by atoms with Gasteiger partial charge in [-0.3, -0.25) is 14.8 Å². The molecule has 5 heterocycles. The van der Waals surface area contributed by atoms with Gasteiger partial charge in [0.2, 0.25) is 0 Å². The molecular formula is C37H48N8O6S. The van der Waals surface area contributed by atoms with Gasteiger partial charge in [0.15, 0.2) is 6.10 Å². The number of nitrogens with one attached hydrogen (secondary N) is 1. The van der Waals surface area contributed by atoms with Crippen molar-refractivity contribution in [1.29, 1.82) is 0 Å². The van der Waals surface area contributed by atoms with Gasteiger partial charge in [0.25, 0.3) is 16.1 Å². The molecule has 1 atom stereocenters. The summed E-state index contributed by atoms with van der Waals surface area (Å²) in [5.74, 6) is 0.545. The van der Waals surface area contributed by atoms with Crippen molar-refractivity contribution in [1.82, 2.24) is 29.0 Å². The molecule has 2 aromatic carbocycles. The molecule has 4 amide bonds. The Balaban J connectivity index is 0.996. The first-order valence-corrected chi connectivity index (χ1v) is 19.9. The Bertz CT molecular complexity index is 1900. The van der Waals surface area contributed by atoms with Crippen molar-refractivity contribution in [2.24, 2.45) is 17.0 Å².